The number of benzene rings is 2. The van der Waals surface area contributed by atoms with Gasteiger partial charge in [0.2, 0.25) is 5.56 Å². The van der Waals surface area contributed by atoms with Gasteiger partial charge >= 0.3 is 6.09 Å². The summed E-state index contributed by atoms with van der Waals surface area (Å²) in [4.78, 5) is 29.4. The molecule has 246 valence electrons. The second-order valence-electron chi connectivity index (χ2n) is 12.1. The summed E-state index contributed by atoms with van der Waals surface area (Å²) in [6, 6.07) is 16.1. The van der Waals surface area contributed by atoms with Crippen LogP contribution in [-0.4, -0.2) is 65.0 Å². The van der Waals surface area contributed by atoms with E-state index in [0.29, 0.717) is 23.0 Å². The summed E-state index contributed by atoms with van der Waals surface area (Å²) < 4.78 is 5.77. The summed E-state index contributed by atoms with van der Waals surface area (Å²) in [5.41, 5.74) is 3.63. The lowest BCUT2D eigenvalue weighted by Gasteiger charge is -2.31. The van der Waals surface area contributed by atoms with Gasteiger partial charge < -0.3 is 30.2 Å². The largest absolute Gasteiger partial charge is 0.506 e. The van der Waals surface area contributed by atoms with Crippen molar-refractivity contribution in [1.29, 1.82) is 0 Å². The normalized spacial score (nSPS) is 14.8. The van der Waals surface area contributed by atoms with Gasteiger partial charge in [-0.15, -0.1) is 0 Å². The number of piperidine rings is 1. The number of nitrogens with one attached hydrogen (secondary N) is 3. The van der Waals surface area contributed by atoms with Crippen molar-refractivity contribution in [3.8, 4) is 16.9 Å². The Morgan fingerprint density at radius 2 is 1.74 bits per heavy atom. The number of rotatable bonds is 16. The molecule has 0 bridgehead atoms. The van der Waals surface area contributed by atoms with Gasteiger partial charge in [0, 0.05) is 36.7 Å². The van der Waals surface area contributed by atoms with Crippen molar-refractivity contribution in [3.05, 3.63) is 81.3 Å². The number of aromatic amines is 1. The van der Waals surface area contributed by atoms with Gasteiger partial charge in [0.1, 0.15) is 11.9 Å². The first-order valence-electron chi connectivity index (χ1n) is 16.5. The number of fused-ring (bicyclic) bond motifs is 1. The van der Waals surface area contributed by atoms with E-state index in [1.807, 2.05) is 29.6 Å². The van der Waals surface area contributed by atoms with E-state index in [1.165, 1.54) is 44.2 Å². The van der Waals surface area contributed by atoms with Crippen molar-refractivity contribution in [3.63, 3.8) is 0 Å². The number of H-pyrrole nitrogens is 1. The van der Waals surface area contributed by atoms with Crippen molar-refractivity contribution in [2.24, 2.45) is 0 Å². The van der Waals surface area contributed by atoms with Crippen molar-refractivity contribution >= 4 is 34.0 Å². The molecule has 4 aromatic rings. The van der Waals surface area contributed by atoms with Crippen molar-refractivity contribution in [2.45, 2.75) is 70.0 Å². The number of phenols is 1. The SMILES string of the molecule is O=C(Nc1ccccc1-c1ccsc1)OC1CCN(CCCCCCCCCNC[C@@H](O)c2ccc(O)c3[nH]c(=O)ccc23)CC1. The van der Waals surface area contributed by atoms with Gasteiger partial charge in [-0.1, -0.05) is 56.4 Å². The summed E-state index contributed by atoms with van der Waals surface area (Å²) in [6.45, 7) is 4.29. The highest BCUT2D eigenvalue weighted by Crippen LogP contribution is 2.30. The molecule has 0 aliphatic carbocycles. The maximum atomic E-state index is 12.6. The third kappa shape index (κ3) is 9.65. The van der Waals surface area contributed by atoms with Crippen LogP contribution in [0.3, 0.4) is 0 Å². The number of aliphatic hydroxyl groups is 1. The van der Waals surface area contributed by atoms with Gasteiger partial charge in [0.15, 0.2) is 0 Å². The summed E-state index contributed by atoms with van der Waals surface area (Å²) in [5.74, 6) is -0.00216. The fourth-order valence-corrected chi connectivity index (χ4v) is 6.83. The average Bonchev–Trinajstić information content (AvgIpc) is 3.60. The second kappa shape index (κ2) is 17.3. The number of likely N-dealkylation sites (tertiary alicyclic amines) is 1. The van der Waals surface area contributed by atoms with Crippen LogP contribution in [0.5, 0.6) is 5.75 Å². The molecule has 5 rings (SSSR count). The van der Waals surface area contributed by atoms with Crippen LogP contribution in [0, 0.1) is 0 Å². The number of unbranched alkanes of at least 4 members (excludes halogenated alkanes) is 6. The molecule has 1 amide bonds. The predicted octanol–water partition coefficient (Wildman–Crippen LogP) is 7.03. The van der Waals surface area contributed by atoms with E-state index in [9.17, 15) is 19.8 Å². The third-order valence-corrected chi connectivity index (χ3v) is 9.42. The maximum Gasteiger partial charge on any atom is 0.411 e. The van der Waals surface area contributed by atoms with Gasteiger partial charge in [0.25, 0.3) is 0 Å². The lowest BCUT2D eigenvalue weighted by Crippen LogP contribution is -2.38. The summed E-state index contributed by atoms with van der Waals surface area (Å²) >= 11 is 1.64. The zero-order valence-corrected chi connectivity index (χ0v) is 27.2. The number of carbonyl (C=O) groups excluding carboxylic acids is 1. The quantitative estimate of drug-likeness (QED) is 0.0828. The van der Waals surface area contributed by atoms with E-state index in [2.05, 4.69) is 32.0 Å². The Bertz CT molecular complexity index is 1580. The van der Waals surface area contributed by atoms with Crippen molar-refractivity contribution < 1.29 is 19.7 Å². The first kappa shape index (κ1) is 33.7. The molecule has 1 saturated heterocycles. The van der Waals surface area contributed by atoms with Crippen molar-refractivity contribution in [1.82, 2.24) is 15.2 Å². The molecule has 0 radical (unpaired) electrons. The molecule has 46 heavy (non-hydrogen) atoms. The number of ether oxygens (including phenoxy) is 1. The monoisotopic (exact) mass is 646 g/mol. The van der Waals surface area contributed by atoms with Gasteiger partial charge in [0.05, 0.1) is 17.3 Å². The Morgan fingerprint density at radius 3 is 2.52 bits per heavy atom. The zero-order valence-electron chi connectivity index (χ0n) is 26.4. The second-order valence-corrected chi connectivity index (χ2v) is 12.9. The first-order chi connectivity index (χ1) is 22.5. The lowest BCUT2D eigenvalue weighted by atomic mass is 10.0. The summed E-state index contributed by atoms with van der Waals surface area (Å²) in [6.07, 6.45) is 8.95. The topological polar surface area (TPSA) is 127 Å². The minimum absolute atomic E-state index is 0.00216. The molecular formula is C36H46N4O5S. The fraction of sp³-hybridized carbons (Fsp3) is 0.444. The molecule has 10 heteroatoms. The molecule has 0 spiro atoms. The predicted molar refractivity (Wildman–Crippen MR) is 186 cm³/mol. The molecular weight excluding hydrogens is 600 g/mol. The van der Waals surface area contributed by atoms with E-state index in [0.717, 1.165) is 68.7 Å². The zero-order chi connectivity index (χ0) is 32.1. The Labute approximate surface area is 274 Å². The number of thiophene rings is 1. The van der Waals surface area contributed by atoms with E-state index >= 15 is 0 Å². The fourth-order valence-electron chi connectivity index (χ4n) is 6.17. The van der Waals surface area contributed by atoms with Gasteiger partial charge in [-0.3, -0.25) is 10.1 Å². The van der Waals surface area contributed by atoms with Gasteiger partial charge in [-0.05, 0) is 84.9 Å². The molecule has 1 fully saturated rings. The molecule has 1 aliphatic heterocycles. The average molecular weight is 647 g/mol. The van der Waals surface area contributed by atoms with E-state index in [1.54, 1.807) is 23.5 Å². The van der Waals surface area contributed by atoms with E-state index in [4.69, 9.17) is 4.74 Å². The molecule has 1 aliphatic rings. The van der Waals surface area contributed by atoms with Gasteiger partial charge in [-0.25, -0.2) is 4.79 Å². The Hall–Kier alpha value is -3.70. The van der Waals surface area contributed by atoms with Crippen LogP contribution < -0.4 is 16.2 Å². The Kier molecular flexibility index (Phi) is 12.6. The molecule has 5 N–H and O–H groups in total. The number of hydrogen-bond acceptors (Lipinski definition) is 8. The molecule has 1 atom stereocenters. The molecule has 0 unspecified atom stereocenters. The maximum absolute atomic E-state index is 12.6. The molecule has 0 saturated carbocycles. The number of carbonyl (C=O) groups is 1. The van der Waals surface area contributed by atoms with Crippen LogP contribution in [-0.2, 0) is 4.74 Å². The molecule has 9 nitrogen and oxygen atoms in total. The van der Waals surface area contributed by atoms with Crippen LogP contribution >= 0.6 is 11.3 Å². The van der Waals surface area contributed by atoms with E-state index < -0.39 is 6.10 Å². The summed E-state index contributed by atoms with van der Waals surface area (Å²) in [5, 5.41) is 31.7. The minimum Gasteiger partial charge on any atom is -0.506 e. The number of hydrogen-bond donors (Lipinski definition) is 5. The van der Waals surface area contributed by atoms with Gasteiger partial charge in [-0.2, -0.15) is 11.3 Å². The third-order valence-electron chi connectivity index (χ3n) is 8.74. The highest BCUT2D eigenvalue weighted by Gasteiger charge is 2.22. The van der Waals surface area contributed by atoms with Crippen LogP contribution in [0.4, 0.5) is 10.5 Å². The number of pyridine rings is 1. The Morgan fingerprint density at radius 1 is 0.978 bits per heavy atom. The van der Waals surface area contributed by atoms with Crippen LogP contribution in [0.25, 0.3) is 22.0 Å². The number of phenolic OH excluding ortho intramolecular Hbond substituents is 1. The number of para-hydroxylation sites is 1. The standard InChI is InChI=1S/C36H46N4O5S/c41-32-14-12-29(30-13-15-34(43)39-35(30)32)33(42)24-37-19-8-4-2-1-3-5-9-20-40-21-16-27(17-22-40)45-36(44)38-31-11-7-6-10-28(31)26-18-23-46-25-26/h6-7,10-15,18,23,25,27,33,37,41-42H,1-5,8-9,16-17,19-22,24H2,(H,38,44)(H,39,43)/t33-/m1/s1. The number of amides is 1. The molecule has 3 heterocycles. The van der Waals surface area contributed by atoms with E-state index in [-0.39, 0.29) is 23.5 Å². The summed E-state index contributed by atoms with van der Waals surface area (Å²) in [7, 11) is 0. The lowest BCUT2D eigenvalue weighted by molar-refractivity contribution is 0.0584. The van der Waals surface area contributed by atoms with Crippen LogP contribution in [0.2, 0.25) is 0 Å². The highest BCUT2D eigenvalue weighted by atomic mass is 32.1. The molecule has 2 aromatic heterocycles. The van der Waals surface area contributed by atoms with Crippen LogP contribution in [0.1, 0.15) is 69.5 Å². The Balaban J connectivity index is 0.869. The minimum atomic E-state index is -0.725. The highest BCUT2D eigenvalue weighted by molar-refractivity contribution is 7.08. The number of aliphatic hydroxyl groups excluding tert-OH is 1. The number of anilines is 1. The van der Waals surface area contributed by atoms with Crippen molar-refractivity contribution in [2.75, 3.05) is 38.0 Å². The smallest absolute Gasteiger partial charge is 0.411 e. The van der Waals surface area contributed by atoms with Crippen LogP contribution in [0.15, 0.2) is 70.2 Å². The number of nitrogens with zero attached hydrogens (tertiary/aromatic N) is 1. The number of aromatic nitrogens is 1. The number of aromatic hydroxyl groups is 1. The molecule has 2 aromatic carbocycles. The first-order valence-corrected chi connectivity index (χ1v) is 17.5.